The third kappa shape index (κ3) is 2.72. The molecule has 0 bridgehead atoms. The van der Waals surface area contributed by atoms with Gasteiger partial charge in [0.2, 0.25) is 0 Å². The fourth-order valence-corrected chi connectivity index (χ4v) is 2.75. The minimum atomic E-state index is 0.0267. The van der Waals surface area contributed by atoms with Crippen LogP contribution in [0.2, 0.25) is 0 Å². The van der Waals surface area contributed by atoms with E-state index in [0.29, 0.717) is 5.92 Å². The molecule has 1 saturated heterocycles. The summed E-state index contributed by atoms with van der Waals surface area (Å²) in [5.74, 6) is 1.55. The van der Waals surface area contributed by atoms with Gasteiger partial charge in [-0.3, -0.25) is 0 Å². The van der Waals surface area contributed by atoms with Crippen molar-refractivity contribution in [2.75, 3.05) is 13.1 Å². The molecular formula is C15H25N3. The van der Waals surface area contributed by atoms with Gasteiger partial charge in [0.1, 0.15) is 5.82 Å². The fourth-order valence-electron chi connectivity index (χ4n) is 2.75. The highest BCUT2D eigenvalue weighted by Crippen LogP contribution is 2.29. The predicted molar refractivity (Wildman–Crippen MR) is 75.1 cm³/mol. The first-order chi connectivity index (χ1) is 8.39. The van der Waals surface area contributed by atoms with E-state index >= 15 is 0 Å². The minimum Gasteiger partial charge on any atom is -0.316 e. The summed E-state index contributed by atoms with van der Waals surface area (Å²) >= 11 is 0. The van der Waals surface area contributed by atoms with Crippen LogP contribution in [0.15, 0.2) is 0 Å². The molecule has 0 saturated carbocycles. The topological polar surface area (TPSA) is 37.8 Å². The Bertz CT molecular complexity index is 403. The molecule has 1 unspecified atom stereocenters. The molecular weight excluding hydrogens is 222 g/mol. The molecule has 2 heterocycles. The molecule has 1 aromatic rings. The van der Waals surface area contributed by atoms with E-state index < -0.39 is 0 Å². The molecule has 100 valence electrons. The van der Waals surface area contributed by atoms with Crippen molar-refractivity contribution in [3.8, 4) is 0 Å². The van der Waals surface area contributed by atoms with Crippen LogP contribution in [-0.4, -0.2) is 23.1 Å². The normalized spacial score (nSPS) is 21.1. The van der Waals surface area contributed by atoms with Gasteiger partial charge in [0.25, 0.3) is 0 Å². The van der Waals surface area contributed by atoms with E-state index in [0.717, 1.165) is 18.9 Å². The summed E-state index contributed by atoms with van der Waals surface area (Å²) in [7, 11) is 0. The molecule has 0 aliphatic carbocycles. The molecule has 0 aromatic carbocycles. The Hall–Kier alpha value is -0.960. The van der Waals surface area contributed by atoms with Gasteiger partial charge >= 0.3 is 0 Å². The third-order valence-corrected chi connectivity index (χ3v) is 3.70. The van der Waals surface area contributed by atoms with E-state index in [9.17, 15) is 0 Å². The van der Waals surface area contributed by atoms with E-state index in [-0.39, 0.29) is 5.41 Å². The summed E-state index contributed by atoms with van der Waals surface area (Å²) < 4.78 is 0. The summed E-state index contributed by atoms with van der Waals surface area (Å²) in [4.78, 5) is 9.48. The number of hydrogen-bond donors (Lipinski definition) is 1. The lowest BCUT2D eigenvalue weighted by molar-refractivity contribution is 0.453. The maximum atomic E-state index is 4.74. The number of aromatic nitrogens is 2. The Balaban J connectivity index is 2.37. The number of nitrogens with one attached hydrogen (secondary N) is 1. The van der Waals surface area contributed by atoms with Crippen molar-refractivity contribution in [2.24, 2.45) is 0 Å². The Morgan fingerprint density at radius 2 is 1.72 bits per heavy atom. The predicted octanol–water partition coefficient (Wildman–Crippen LogP) is 2.86. The number of aryl methyl sites for hydroxylation is 2. The smallest absolute Gasteiger partial charge is 0.134 e. The van der Waals surface area contributed by atoms with Crippen LogP contribution in [0, 0.1) is 13.8 Å². The number of rotatable bonds is 1. The van der Waals surface area contributed by atoms with Crippen molar-refractivity contribution in [3.05, 3.63) is 22.8 Å². The fraction of sp³-hybridized carbons (Fsp3) is 0.733. The van der Waals surface area contributed by atoms with Gasteiger partial charge in [-0.2, -0.15) is 0 Å². The van der Waals surface area contributed by atoms with E-state index in [2.05, 4.69) is 39.9 Å². The lowest BCUT2D eigenvalue weighted by atomic mass is 9.88. The van der Waals surface area contributed by atoms with Crippen molar-refractivity contribution in [1.29, 1.82) is 0 Å². The lowest BCUT2D eigenvalue weighted by Gasteiger charge is -2.27. The van der Waals surface area contributed by atoms with E-state index in [1.165, 1.54) is 29.8 Å². The van der Waals surface area contributed by atoms with Gasteiger partial charge < -0.3 is 5.32 Å². The van der Waals surface area contributed by atoms with Crippen LogP contribution in [0.4, 0.5) is 0 Å². The number of piperidine rings is 1. The largest absolute Gasteiger partial charge is 0.316 e. The molecule has 0 spiro atoms. The second kappa shape index (κ2) is 4.96. The molecule has 0 radical (unpaired) electrons. The van der Waals surface area contributed by atoms with Gasteiger partial charge in [0.05, 0.1) is 0 Å². The van der Waals surface area contributed by atoms with Gasteiger partial charge in [-0.05, 0) is 44.7 Å². The maximum absolute atomic E-state index is 4.74. The van der Waals surface area contributed by atoms with E-state index in [4.69, 9.17) is 9.97 Å². The Kier molecular flexibility index (Phi) is 3.71. The van der Waals surface area contributed by atoms with Crippen LogP contribution in [0.1, 0.15) is 62.3 Å². The molecule has 1 aliphatic heterocycles. The first-order valence-corrected chi connectivity index (χ1v) is 6.96. The summed E-state index contributed by atoms with van der Waals surface area (Å²) in [6.07, 6.45) is 2.51. The van der Waals surface area contributed by atoms with Crippen LogP contribution in [0.5, 0.6) is 0 Å². The SMILES string of the molecule is Cc1nc(C(C)(C)C)nc(C)c1C1CCCNC1. The first-order valence-electron chi connectivity index (χ1n) is 6.96. The van der Waals surface area contributed by atoms with Gasteiger partial charge in [-0.25, -0.2) is 9.97 Å². The highest BCUT2D eigenvalue weighted by Gasteiger charge is 2.24. The summed E-state index contributed by atoms with van der Waals surface area (Å²) in [5, 5.41) is 3.48. The van der Waals surface area contributed by atoms with Crippen molar-refractivity contribution in [1.82, 2.24) is 15.3 Å². The summed E-state index contributed by atoms with van der Waals surface area (Å²) in [5.41, 5.74) is 3.73. The van der Waals surface area contributed by atoms with Gasteiger partial charge in [0.15, 0.2) is 0 Å². The molecule has 1 aromatic heterocycles. The number of hydrogen-bond acceptors (Lipinski definition) is 3. The summed E-state index contributed by atoms with van der Waals surface area (Å²) in [6, 6.07) is 0. The van der Waals surface area contributed by atoms with Crippen molar-refractivity contribution in [3.63, 3.8) is 0 Å². The lowest BCUT2D eigenvalue weighted by Crippen LogP contribution is -2.30. The monoisotopic (exact) mass is 247 g/mol. The first kappa shape index (κ1) is 13.5. The molecule has 1 fully saturated rings. The average molecular weight is 247 g/mol. The van der Waals surface area contributed by atoms with Crippen molar-refractivity contribution in [2.45, 2.75) is 58.8 Å². The maximum Gasteiger partial charge on any atom is 0.134 e. The third-order valence-electron chi connectivity index (χ3n) is 3.70. The quantitative estimate of drug-likeness (QED) is 0.829. The van der Waals surface area contributed by atoms with Crippen LogP contribution in [0.3, 0.4) is 0 Å². The summed E-state index contributed by atoms with van der Waals surface area (Å²) in [6.45, 7) is 13.0. The molecule has 18 heavy (non-hydrogen) atoms. The molecule has 2 rings (SSSR count). The van der Waals surface area contributed by atoms with Crippen molar-refractivity contribution < 1.29 is 0 Å². The van der Waals surface area contributed by atoms with Gasteiger partial charge in [-0.15, -0.1) is 0 Å². The second-order valence-electron chi connectivity index (χ2n) is 6.42. The zero-order valence-corrected chi connectivity index (χ0v) is 12.3. The molecule has 3 heteroatoms. The minimum absolute atomic E-state index is 0.0267. The Morgan fingerprint density at radius 1 is 1.11 bits per heavy atom. The van der Waals surface area contributed by atoms with Crippen LogP contribution < -0.4 is 5.32 Å². The zero-order chi connectivity index (χ0) is 13.3. The molecule has 1 aliphatic rings. The zero-order valence-electron chi connectivity index (χ0n) is 12.3. The average Bonchev–Trinajstić information content (AvgIpc) is 2.28. The number of nitrogens with zero attached hydrogens (tertiary/aromatic N) is 2. The molecule has 3 nitrogen and oxygen atoms in total. The van der Waals surface area contributed by atoms with Gasteiger partial charge in [-0.1, -0.05) is 20.8 Å². The molecule has 1 N–H and O–H groups in total. The van der Waals surface area contributed by atoms with Crippen LogP contribution in [-0.2, 0) is 5.41 Å². The van der Waals surface area contributed by atoms with E-state index in [1.54, 1.807) is 0 Å². The molecule has 0 amide bonds. The Morgan fingerprint density at radius 3 is 2.17 bits per heavy atom. The Labute approximate surface area is 110 Å². The van der Waals surface area contributed by atoms with Gasteiger partial charge in [0, 0.05) is 23.3 Å². The van der Waals surface area contributed by atoms with Crippen LogP contribution >= 0.6 is 0 Å². The van der Waals surface area contributed by atoms with Crippen molar-refractivity contribution >= 4 is 0 Å². The highest BCUT2D eigenvalue weighted by molar-refractivity contribution is 5.30. The second-order valence-corrected chi connectivity index (χ2v) is 6.42. The standard InChI is InChI=1S/C15H25N3/c1-10-13(12-7-6-8-16-9-12)11(2)18-14(17-10)15(3,4)5/h12,16H,6-9H2,1-5H3. The highest BCUT2D eigenvalue weighted by atomic mass is 14.9. The van der Waals surface area contributed by atoms with E-state index in [1.807, 2.05) is 0 Å². The molecule has 1 atom stereocenters. The van der Waals surface area contributed by atoms with Crippen LogP contribution in [0.25, 0.3) is 0 Å².